The Bertz CT molecular complexity index is 1320. The van der Waals surface area contributed by atoms with Crippen molar-refractivity contribution in [3.8, 4) is 11.4 Å². The molecule has 8 nitrogen and oxygen atoms in total. The van der Waals surface area contributed by atoms with Crippen LogP contribution < -0.4 is 10.5 Å². The molecule has 3 aromatic rings. The van der Waals surface area contributed by atoms with E-state index in [2.05, 4.69) is 16.5 Å². The summed E-state index contributed by atoms with van der Waals surface area (Å²) in [5, 5.41) is 9.89. The maximum atomic E-state index is 14.5. The van der Waals surface area contributed by atoms with Gasteiger partial charge < -0.3 is 14.9 Å². The van der Waals surface area contributed by atoms with E-state index in [1.165, 1.54) is 6.08 Å². The van der Waals surface area contributed by atoms with Gasteiger partial charge in [0, 0.05) is 26.2 Å². The Hall–Kier alpha value is -3.96. The normalized spacial score (nSPS) is 14.8. The number of carbonyl (C=O) groups excluding carboxylic acids is 1. The van der Waals surface area contributed by atoms with E-state index < -0.39 is 34.7 Å². The molecule has 1 aliphatic heterocycles. The first kappa shape index (κ1) is 23.2. The number of aromatic nitrogens is 3. The summed E-state index contributed by atoms with van der Waals surface area (Å²) >= 11 is 0. The number of amides is 1. The first-order valence-corrected chi connectivity index (χ1v) is 10.3. The van der Waals surface area contributed by atoms with E-state index in [1.807, 2.05) is 0 Å². The van der Waals surface area contributed by atoms with Crippen LogP contribution in [0.4, 0.5) is 23.4 Å². The molecule has 1 aliphatic rings. The second-order valence-electron chi connectivity index (χ2n) is 7.61. The number of phenols is 1. The van der Waals surface area contributed by atoms with Crippen LogP contribution in [0.25, 0.3) is 16.6 Å². The number of phenolic OH excluding ortho intramolecular Hbond substituents is 1. The maximum Gasteiger partial charge on any atom is 0.431 e. The van der Waals surface area contributed by atoms with Gasteiger partial charge in [-0.2, -0.15) is 13.2 Å². The smallest absolute Gasteiger partial charge is 0.431 e. The summed E-state index contributed by atoms with van der Waals surface area (Å²) in [4.78, 5) is 36.4. The third kappa shape index (κ3) is 4.06. The molecule has 1 fully saturated rings. The molecule has 0 unspecified atom stereocenters. The van der Waals surface area contributed by atoms with Crippen LogP contribution in [0, 0.1) is 5.82 Å². The average Bonchev–Trinajstić information content (AvgIpc) is 3.05. The van der Waals surface area contributed by atoms with Crippen molar-refractivity contribution in [3.05, 3.63) is 65.1 Å². The SMILES string of the molecule is C=CC(=O)N1CCCN(c2ncnc3c(=O)n(-c4c(O)cccc4F)c(C(F)(F)F)cc23)CC1. The second kappa shape index (κ2) is 8.76. The third-order valence-corrected chi connectivity index (χ3v) is 5.55. The van der Waals surface area contributed by atoms with Crippen LogP contribution in [-0.4, -0.2) is 56.6 Å². The first-order chi connectivity index (χ1) is 16.1. The zero-order valence-electron chi connectivity index (χ0n) is 17.7. The molecule has 178 valence electrons. The molecule has 0 radical (unpaired) electrons. The van der Waals surface area contributed by atoms with E-state index in [4.69, 9.17) is 0 Å². The van der Waals surface area contributed by atoms with Crippen LogP contribution in [0.2, 0.25) is 0 Å². The summed E-state index contributed by atoms with van der Waals surface area (Å²) in [5.74, 6) is -2.21. The first-order valence-electron chi connectivity index (χ1n) is 10.3. The molecule has 1 aromatic carbocycles. The van der Waals surface area contributed by atoms with Crippen molar-refractivity contribution in [3.63, 3.8) is 0 Å². The highest BCUT2D eigenvalue weighted by Gasteiger charge is 2.38. The molecular weight excluding hydrogens is 458 g/mol. The number of alkyl halides is 3. The minimum absolute atomic E-state index is 0.0801. The number of hydrogen-bond donors (Lipinski definition) is 1. The van der Waals surface area contributed by atoms with Crippen LogP contribution in [0.15, 0.2) is 48.0 Å². The third-order valence-electron chi connectivity index (χ3n) is 5.55. The summed E-state index contributed by atoms with van der Waals surface area (Å²) in [6.07, 6.45) is -2.33. The summed E-state index contributed by atoms with van der Waals surface area (Å²) < 4.78 is 56.7. The summed E-state index contributed by atoms with van der Waals surface area (Å²) in [6.45, 7) is 4.79. The molecular formula is C22H19F4N5O3. The Labute approximate surface area is 190 Å². The highest BCUT2D eigenvalue weighted by molar-refractivity contribution is 5.90. The molecule has 34 heavy (non-hydrogen) atoms. The number of para-hydroxylation sites is 1. The molecule has 0 atom stereocenters. The van der Waals surface area contributed by atoms with Crippen molar-refractivity contribution in [1.29, 1.82) is 0 Å². The number of hydrogen-bond acceptors (Lipinski definition) is 6. The van der Waals surface area contributed by atoms with Crippen LogP contribution in [-0.2, 0) is 11.0 Å². The van der Waals surface area contributed by atoms with Gasteiger partial charge in [0.1, 0.15) is 34.8 Å². The Kier molecular flexibility index (Phi) is 5.98. The zero-order chi connectivity index (χ0) is 24.6. The lowest BCUT2D eigenvalue weighted by Crippen LogP contribution is -2.34. The number of anilines is 1. The average molecular weight is 477 g/mol. The lowest BCUT2D eigenvalue weighted by Gasteiger charge is -2.24. The Morgan fingerprint density at radius 2 is 1.91 bits per heavy atom. The molecule has 0 aliphatic carbocycles. The highest BCUT2D eigenvalue weighted by Crippen LogP contribution is 2.36. The minimum atomic E-state index is -5.07. The fourth-order valence-corrected chi connectivity index (χ4v) is 3.99. The Morgan fingerprint density at radius 1 is 1.15 bits per heavy atom. The van der Waals surface area contributed by atoms with Gasteiger partial charge >= 0.3 is 6.18 Å². The van der Waals surface area contributed by atoms with Gasteiger partial charge in [-0.05, 0) is 30.7 Å². The molecule has 0 saturated carbocycles. The second-order valence-corrected chi connectivity index (χ2v) is 7.61. The number of nitrogens with zero attached hydrogens (tertiary/aromatic N) is 5. The molecule has 2 aromatic heterocycles. The van der Waals surface area contributed by atoms with Gasteiger partial charge in [-0.25, -0.2) is 14.4 Å². The lowest BCUT2D eigenvalue weighted by molar-refractivity contribution is -0.142. The molecule has 0 spiro atoms. The van der Waals surface area contributed by atoms with Gasteiger partial charge in [-0.3, -0.25) is 14.2 Å². The van der Waals surface area contributed by atoms with E-state index in [9.17, 15) is 32.3 Å². The van der Waals surface area contributed by atoms with E-state index in [0.717, 1.165) is 24.5 Å². The van der Waals surface area contributed by atoms with Crippen LogP contribution in [0.5, 0.6) is 5.75 Å². The quantitative estimate of drug-likeness (QED) is 0.461. The predicted octanol–water partition coefficient (Wildman–Crippen LogP) is 2.87. The number of fused-ring (bicyclic) bond motifs is 1. The molecule has 1 N–H and O–H groups in total. The van der Waals surface area contributed by atoms with Gasteiger partial charge in [0.2, 0.25) is 5.91 Å². The standard InChI is InChI=1S/C22H19F4N5O3/c1-2-17(33)29-7-4-8-30(10-9-29)20-13-11-16(22(24,25)26)31(21(34)18(13)27-12-28-20)19-14(23)5-3-6-15(19)32/h2-3,5-6,11-12,32H,1,4,7-10H2. The van der Waals surface area contributed by atoms with Gasteiger partial charge in [0.25, 0.3) is 5.56 Å². The van der Waals surface area contributed by atoms with Crippen molar-refractivity contribution in [2.45, 2.75) is 12.6 Å². The number of benzene rings is 1. The summed E-state index contributed by atoms with van der Waals surface area (Å²) in [7, 11) is 0. The zero-order valence-corrected chi connectivity index (χ0v) is 17.7. The molecule has 1 saturated heterocycles. The topological polar surface area (TPSA) is 91.6 Å². The number of rotatable bonds is 3. The van der Waals surface area contributed by atoms with Crippen molar-refractivity contribution in [2.24, 2.45) is 0 Å². The Morgan fingerprint density at radius 3 is 2.59 bits per heavy atom. The van der Waals surface area contributed by atoms with Gasteiger partial charge in [-0.1, -0.05) is 12.6 Å². The molecule has 3 heterocycles. The molecule has 4 rings (SSSR count). The van der Waals surface area contributed by atoms with Crippen molar-refractivity contribution < 1.29 is 27.5 Å². The van der Waals surface area contributed by atoms with Gasteiger partial charge in [0.15, 0.2) is 5.82 Å². The van der Waals surface area contributed by atoms with Crippen molar-refractivity contribution in [2.75, 3.05) is 31.1 Å². The summed E-state index contributed by atoms with van der Waals surface area (Å²) in [6, 6.07) is 3.60. The molecule has 1 amide bonds. The highest BCUT2D eigenvalue weighted by atomic mass is 19.4. The maximum absolute atomic E-state index is 14.5. The monoisotopic (exact) mass is 477 g/mol. The Balaban J connectivity index is 1.92. The van der Waals surface area contributed by atoms with Crippen LogP contribution in [0.1, 0.15) is 12.1 Å². The number of halogens is 4. The number of pyridine rings is 1. The van der Waals surface area contributed by atoms with E-state index >= 15 is 0 Å². The molecule has 0 bridgehead atoms. The van der Waals surface area contributed by atoms with Crippen molar-refractivity contribution in [1.82, 2.24) is 19.4 Å². The predicted molar refractivity (Wildman–Crippen MR) is 115 cm³/mol. The number of carbonyl (C=O) groups is 1. The van der Waals surface area contributed by atoms with Crippen molar-refractivity contribution >= 4 is 22.6 Å². The number of aromatic hydroxyl groups is 1. The largest absolute Gasteiger partial charge is 0.506 e. The van der Waals surface area contributed by atoms with E-state index in [-0.39, 0.29) is 40.3 Å². The van der Waals surface area contributed by atoms with Crippen LogP contribution in [0.3, 0.4) is 0 Å². The summed E-state index contributed by atoms with van der Waals surface area (Å²) in [5.41, 5.74) is -4.04. The lowest BCUT2D eigenvalue weighted by atomic mass is 10.1. The van der Waals surface area contributed by atoms with E-state index in [1.54, 1.807) is 9.80 Å². The fraction of sp³-hybridized carbons (Fsp3) is 0.273. The fourth-order valence-electron chi connectivity index (χ4n) is 3.99. The molecule has 12 heteroatoms. The van der Waals surface area contributed by atoms with Gasteiger partial charge in [0.05, 0.1) is 5.39 Å². The minimum Gasteiger partial charge on any atom is -0.506 e. The van der Waals surface area contributed by atoms with Gasteiger partial charge in [-0.15, -0.1) is 0 Å². The van der Waals surface area contributed by atoms with Crippen LogP contribution >= 0.6 is 0 Å². The van der Waals surface area contributed by atoms with E-state index in [0.29, 0.717) is 25.6 Å².